The topological polar surface area (TPSA) is 0 Å². The molecule has 0 unspecified atom stereocenters. The molecule has 0 bridgehead atoms. The van der Waals surface area contributed by atoms with Gasteiger partial charge in [-0.05, 0) is 18.4 Å². The zero-order valence-corrected chi connectivity index (χ0v) is 10.4. The normalized spacial score (nSPS) is 23.2. The summed E-state index contributed by atoms with van der Waals surface area (Å²) in [7, 11) is 0. The molecule has 0 heterocycles. The minimum absolute atomic E-state index is 0.419. The minimum Gasteiger partial charge on any atom is -0.126 e. The average Bonchev–Trinajstić information content (AvgIpc) is 1.81. The van der Waals surface area contributed by atoms with Crippen LogP contribution in [0.25, 0.3) is 0 Å². The van der Waals surface area contributed by atoms with Crippen molar-refractivity contribution in [1.29, 1.82) is 0 Å². The molecule has 4 heteroatoms. The molecule has 12 heavy (non-hydrogen) atoms. The Hall–Kier alpha value is 1.09. The van der Waals surface area contributed by atoms with Crippen LogP contribution in [0.1, 0.15) is 44.9 Å². The lowest BCUT2D eigenvalue weighted by Gasteiger charge is -2.23. The molecule has 1 rings (SSSR count). The maximum atomic E-state index is 6.01. The van der Waals surface area contributed by atoms with Crippen molar-refractivity contribution in [2.24, 2.45) is 0 Å². The van der Waals surface area contributed by atoms with Crippen LogP contribution in [-0.2, 0) is 0 Å². The molecule has 0 N–H and O–H groups in total. The van der Waals surface area contributed by atoms with Crippen LogP contribution in [0.5, 0.6) is 0 Å². The van der Waals surface area contributed by atoms with Crippen molar-refractivity contribution < 1.29 is 0 Å². The van der Waals surface area contributed by atoms with E-state index in [2.05, 4.69) is 0 Å². The van der Waals surface area contributed by atoms with E-state index in [0.717, 1.165) is 12.8 Å². The number of halogens is 3. The van der Waals surface area contributed by atoms with E-state index in [1.807, 2.05) is 0 Å². The summed E-state index contributed by atoms with van der Waals surface area (Å²) in [6, 6.07) is -2.39. The van der Waals surface area contributed by atoms with Gasteiger partial charge in [-0.25, -0.2) is 0 Å². The van der Waals surface area contributed by atoms with Crippen molar-refractivity contribution in [3.63, 3.8) is 0 Å². The first-order chi connectivity index (χ1) is 5.61. The van der Waals surface area contributed by atoms with E-state index in [1.165, 1.54) is 32.1 Å². The maximum Gasteiger partial charge on any atom is 0.344 e. The van der Waals surface area contributed by atoms with E-state index in [-0.39, 0.29) is 0 Å². The van der Waals surface area contributed by atoms with Crippen molar-refractivity contribution in [3.05, 3.63) is 0 Å². The van der Waals surface area contributed by atoms with Gasteiger partial charge in [0.15, 0.2) is 0 Å². The first-order valence-corrected chi connectivity index (χ1v) is 9.79. The van der Waals surface area contributed by atoms with Gasteiger partial charge < -0.3 is 0 Å². The van der Waals surface area contributed by atoms with Gasteiger partial charge in [0.05, 0.1) is 0 Å². The predicted molar refractivity (Wildman–Crippen MR) is 59.4 cm³/mol. The molecule has 0 atom stereocenters. The number of hydrogen-bond donors (Lipinski definition) is 0. The van der Waals surface area contributed by atoms with Crippen LogP contribution in [0.4, 0.5) is 0 Å². The largest absolute Gasteiger partial charge is 0.344 e. The highest BCUT2D eigenvalue weighted by Crippen LogP contribution is 2.42. The SMILES string of the molecule is Cl[Si](Cl)(Cl)C1CCCCCCC1. The van der Waals surface area contributed by atoms with Gasteiger partial charge in [-0.2, -0.15) is 0 Å². The lowest BCUT2D eigenvalue weighted by atomic mass is 10.0. The Morgan fingerprint density at radius 2 is 1.17 bits per heavy atom. The summed E-state index contributed by atoms with van der Waals surface area (Å²) in [5, 5.41) is 0. The van der Waals surface area contributed by atoms with E-state index in [1.54, 1.807) is 0 Å². The first kappa shape index (κ1) is 11.2. The fourth-order valence-electron chi connectivity index (χ4n) is 1.78. The van der Waals surface area contributed by atoms with E-state index in [9.17, 15) is 0 Å². The lowest BCUT2D eigenvalue weighted by molar-refractivity contribution is 0.501. The van der Waals surface area contributed by atoms with Crippen LogP contribution in [0, 0.1) is 0 Å². The highest BCUT2D eigenvalue weighted by atomic mass is 35.8. The van der Waals surface area contributed by atoms with Gasteiger partial charge >= 0.3 is 6.00 Å². The molecule has 0 saturated heterocycles. The maximum absolute atomic E-state index is 6.01. The Bertz CT molecular complexity index is 125. The summed E-state index contributed by atoms with van der Waals surface area (Å²) in [6.45, 7) is 0. The van der Waals surface area contributed by atoms with Gasteiger partial charge in [-0.3, -0.25) is 0 Å². The van der Waals surface area contributed by atoms with Gasteiger partial charge in [-0.15, -0.1) is 33.2 Å². The van der Waals surface area contributed by atoms with Gasteiger partial charge in [0.2, 0.25) is 0 Å². The van der Waals surface area contributed by atoms with Crippen molar-refractivity contribution in [3.8, 4) is 0 Å². The quantitative estimate of drug-likeness (QED) is 0.462. The molecule has 0 aromatic rings. The van der Waals surface area contributed by atoms with Crippen molar-refractivity contribution in [1.82, 2.24) is 0 Å². The molecule has 0 amide bonds. The molecule has 1 aliphatic rings. The van der Waals surface area contributed by atoms with Crippen molar-refractivity contribution >= 4 is 39.2 Å². The van der Waals surface area contributed by atoms with Crippen LogP contribution in [0.3, 0.4) is 0 Å². The zero-order valence-electron chi connectivity index (χ0n) is 7.16. The Kier molecular flexibility index (Phi) is 4.73. The fraction of sp³-hybridized carbons (Fsp3) is 1.00. The van der Waals surface area contributed by atoms with E-state index in [0.29, 0.717) is 5.54 Å². The summed E-state index contributed by atoms with van der Waals surface area (Å²) in [5.41, 5.74) is 0.419. The Labute approximate surface area is 89.7 Å². The Morgan fingerprint density at radius 1 is 0.750 bits per heavy atom. The molecule has 0 aliphatic heterocycles. The standard InChI is InChI=1S/C8H15Cl3Si/c9-12(10,11)8-6-4-2-1-3-5-7-8/h8H,1-7H2. The fourth-order valence-corrected chi connectivity index (χ4v) is 4.81. The first-order valence-electron chi connectivity index (χ1n) is 4.67. The molecule has 0 aromatic carbocycles. The lowest BCUT2D eigenvalue weighted by Crippen LogP contribution is -2.20. The van der Waals surface area contributed by atoms with Crippen LogP contribution in [0.2, 0.25) is 5.54 Å². The van der Waals surface area contributed by atoms with Crippen LogP contribution in [0.15, 0.2) is 0 Å². The second-order valence-corrected chi connectivity index (χ2v) is 12.6. The monoisotopic (exact) mass is 244 g/mol. The number of rotatable bonds is 1. The molecule has 0 radical (unpaired) electrons. The van der Waals surface area contributed by atoms with Crippen LogP contribution < -0.4 is 0 Å². The van der Waals surface area contributed by atoms with E-state index in [4.69, 9.17) is 33.2 Å². The van der Waals surface area contributed by atoms with Gasteiger partial charge in [0.1, 0.15) is 0 Å². The van der Waals surface area contributed by atoms with E-state index >= 15 is 0 Å². The highest BCUT2D eigenvalue weighted by molar-refractivity contribution is 7.65. The minimum atomic E-state index is -2.39. The smallest absolute Gasteiger partial charge is 0.126 e. The molecule has 72 valence electrons. The van der Waals surface area contributed by atoms with Gasteiger partial charge in [0, 0.05) is 0 Å². The van der Waals surface area contributed by atoms with Gasteiger partial charge in [0.25, 0.3) is 0 Å². The summed E-state index contributed by atoms with van der Waals surface area (Å²) in [4.78, 5) is 0. The summed E-state index contributed by atoms with van der Waals surface area (Å²) in [5.74, 6) is 0. The third-order valence-corrected chi connectivity index (χ3v) is 6.85. The molecule has 0 nitrogen and oxygen atoms in total. The summed E-state index contributed by atoms with van der Waals surface area (Å²) in [6.07, 6.45) is 8.81. The summed E-state index contributed by atoms with van der Waals surface area (Å²) < 4.78 is 0. The molecule has 1 saturated carbocycles. The molecule has 1 aliphatic carbocycles. The van der Waals surface area contributed by atoms with E-state index < -0.39 is 6.00 Å². The van der Waals surface area contributed by atoms with Crippen LogP contribution in [-0.4, -0.2) is 6.00 Å². The van der Waals surface area contributed by atoms with Gasteiger partial charge in [-0.1, -0.05) is 32.1 Å². The van der Waals surface area contributed by atoms with Crippen molar-refractivity contribution in [2.75, 3.05) is 0 Å². The third kappa shape index (κ3) is 3.86. The molecule has 1 fully saturated rings. The number of hydrogen-bond acceptors (Lipinski definition) is 0. The second kappa shape index (κ2) is 5.09. The highest BCUT2D eigenvalue weighted by Gasteiger charge is 2.35. The Morgan fingerprint density at radius 3 is 1.58 bits per heavy atom. The predicted octanol–water partition coefficient (Wildman–Crippen LogP) is 4.76. The second-order valence-electron chi connectivity index (χ2n) is 3.58. The molecule has 0 aromatic heterocycles. The average molecular weight is 246 g/mol. The summed E-state index contributed by atoms with van der Waals surface area (Å²) >= 11 is 18.0. The Balaban J connectivity index is 2.40. The molecular formula is C8H15Cl3Si. The zero-order chi connectivity index (χ0) is 9.03. The molecule has 0 spiro atoms. The van der Waals surface area contributed by atoms with Crippen LogP contribution >= 0.6 is 33.2 Å². The molecular weight excluding hydrogens is 231 g/mol. The van der Waals surface area contributed by atoms with Crippen molar-refractivity contribution in [2.45, 2.75) is 50.5 Å². The third-order valence-electron chi connectivity index (χ3n) is 2.57.